The number of amides is 1. The van der Waals surface area contributed by atoms with Gasteiger partial charge in [0.1, 0.15) is 6.61 Å². The summed E-state index contributed by atoms with van der Waals surface area (Å²) < 4.78 is 5.31. The molecule has 1 fully saturated rings. The molecule has 4 nitrogen and oxygen atoms in total. The number of nitrogens with zero attached hydrogens (tertiary/aromatic N) is 1. The van der Waals surface area contributed by atoms with E-state index in [2.05, 4.69) is 12.2 Å². The van der Waals surface area contributed by atoms with Crippen LogP contribution < -0.4 is 0 Å². The average molecular weight is 299 g/mol. The normalized spacial score (nSPS) is 24.5. The van der Waals surface area contributed by atoms with Crippen molar-refractivity contribution in [3.63, 3.8) is 0 Å². The van der Waals surface area contributed by atoms with Crippen molar-refractivity contribution in [2.24, 2.45) is 5.41 Å². The molecular weight excluding hydrogens is 278 g/mol. The Bertz CT molecular complexity index is 581. The molecule has 0 aromatic heterocycles. The standard InChI is InChI=1S/C18H21NO3/c20-16-13-19(12-11-18(16)9-5-2-6-10-18)17(21)22-14-15-7-3-1-4-8-15/h1,3-5,7-9H,2,6,10-14H2. The molecule has 1 unspecified atom stereocenters. The van der Waals surface area contributed by atoms with Crippen LogP contribution in [0.4, 0.5) is 4.79 Å². The number of allylic oxidation sites excluding steroid dienone is 2. The summed E-state index contributed by atoms with van der Waals surface area (Å²) in [6.45, 7) is 0.997. The summed E-state index contributed by atoms with van der Waals surface area (Å²) in [4.78, 5) is 26.1. The number of ether oxygens (including phenoxy) is 1. The minimum absolute atomic E-state index is 0.145. The van der Waals surface area contributed by atoms with Gasteiger partial charge in [0.25, 0.3) is 0 Å². The molecule has 3 rings (SSSR count). The number of carbonyl (C=O) groups excluding carboxylic acids is 2. The molecule has 1 atom stereocenters. The zero-order valence-electron chi connectivity index (χ0n) is 12.7. The molecule has 0 saturated carbocycles. The first kappa shape index (κ1) is 14.8. The molecule has 1 heterocycles. The number of benzene rings is 1. The van der Waals surface area contributed by atoms with Crippen LogP contribution in [0.1, 0.15) is 31.2 Å². The number of Topliss-reactive ketones (excluding diaryl/α,β-unsaturated/α-hetero) is 1. The van der Waals surface area contributed by atoms with Crippen molar-refractivity contribution in [2.75, 3.05) is 13.1 Å². The Hall–Kier alpha value is -2.10. The average Bonchev–Trinajstić information content (AvgIpc) is 2.57. The lowest BCUT2D eigenvalue weighted by Crippen LogP contribution is -2.49. The summed E-state index contributed by atoms with van der Waals surface area (Å²) in [5.74, 6) is 0.145. The Morgan fingerprint density at radius 1 is 1.23 bits per heavy atom. The Morgan fingerprint density at radius 3 is 2.73 bits per heavy atom. The highest BCUT2D eigenvalue weighted by molar-refractivity contribution is 5.91. The number of likely N-dealkylation sites (tertiary alicyclic amines) is 1. The molecule has 1 aliphatic heterocycles. The maximum absolute atomic E-state index is 12.5. The second kappa shape index (κ2) is 6.34. The highest BCUT2D eigenvalue weighted by Crippen LogP contribution is 2.38. The van der Waals surface area contributed by atoms with E-state index in [0.717, 1.165) is 24.8 Å². The van der Waals surface area contributed by atoms with E-state index in [4.69, 9.17) is 4.74 Å². The van der Waals surface area contributed by atoms with Gasteiger partial charge in [0.05, 0.1) is 12.0 Å². The highest BCUT2D eigenvalue weighted by Gasteiger charge is 2.42. The summed E-state index contributed by atoms with van der Waals surface area (Å²) in [7, 11) is 0. The second-order valence-corrected chi connectivity index (χ2v) is 6.09. The van der Waals surface area contributed by atoms with Crippen LogP contribution in [0.3, 0.4) is 0 Å². The van der Waals surface area contributed by atoms with Crippen molar-refractivity contribution in [3.8, 4) is 0 Å². The van der Waals surface area contributed by atoms with Gasteiger partial charge in [-0.05, 0) is 31.2 Å². The molecule has 1 saturated heterocycles. The zero-order chi connectivity index (χ0) is 15.4. The molecule has 0 N–H and O–H groups in total. The summed E-state index contributed by atoms with van der Waals surface area (Å²) in [6.07, 6.45) is 7.50. The number of hydrogen-bond acceptors (Lipinski definition) is 3. The van der Waals surface area contributed by atoms with Gasteiger partial charge in [0, 0.05) is 6.54 Å². The summed E-state index contributed by atoms with van der Waals surface area (Å²) >= 11 is 0. The fourth-order valence-corrected chi connectivity index (χ4v) is 3.22. The lowest BCUT2D eigenvalue weighted by atomic mass is 9.71. The maximum Gasteiger partial charge on any atom is 0.410 e. The third-order valence-electron chi connectivity index (χ3n) is 4.61. The monoisotopic (exact) mass is 299 g/mol. The van der Waals surface area contributed by atoms with Crippen molar-refractivity contribution in [1.82, 2.24) is 4.90 Å². The molecule has 4 heteroatoms. The molecule has 1 aliphatic carbocycles. The Morgan fingerprint density at radius 2 is 2.05 bits per heavy atom. The van der Waals surface area contributed by atoms with Crippen molar-refractivity contribution in [1.29, 1.82) is 0 Å². The Balaban J connectivity index is 1.56. The van der Waals surface area contributed by atoms with Gasteiger partial charge in [-0.1, -0.05) is 42.5 Å². The van der Waals surface area contributed by atoms with Crippen LogP contribution >= 0.6 is 0 Å². The van der Waals surface area contributed by atoms with Crippen LogP contribution in [-0.4, -0.2) is 29.9 Å². The van der Waals surface area contributed by atoms with Gasteiger partial charge in [0.15, 0.2) is 5.78 Å². The predicted molar refractivity (Wildman–Crippen MR) is 83.2 cm³/mol. The molecule has 116 valence electrons. The molecule has 22 heavy (non-hydrogen) atoms. The van der Waals surface area contributed by atoms with E-state index >= 15 is 0 Å². The van der Waals surface area contributed by atoms with Gasteiger partial charge in [-0.15, -0.1) is 0 Å². The van der Waals surface area contributed by atoms with E-state index < -0.39 is 6.09 Å². The molecule has 1 amide bonds. The number of rotatable bonds is 2. The van der Waals surface area contributed by atoms with Gasteiger partial charge in [0.2, 0.25) is 0 Å². The molecule has 1 aromatic carbocycles. The quantitative estimate of drug-likeness (QED) is 0.787. The van der Waals surface area contributed by atoms with Gasteiger partial charge in [-0.25, -0.2) is 4.79 Å². The van der Waals surface area contributed by atoms with Crippen molar-refractivity contribution < 1.29 is 14.3 Å². The number of piperidine rings is 1. The minimum atomic E-state index is -0.396. The lowest BCUT2D eigenvalue weighted by molar-refractivity contribution is -0.131. The van der Waals surface area contributed by atoms with Crippen molar-refractivity contribution in [3.05, 3.63) is 48.0 Å². The van der Waals surface area contributed by atoms with E-state index in [1.165, 1.54) is 4.90 Å². The van der Waals surface area contributed by atoms with Crippen LogP contribution in [0.2, 0.25) is 0 Å². The summed E-state index contributed by atoms with van der Waals surface area (Å²) in [5.41, 5.74) is 0.625. The Kier molecular flexibility index (Phi) is 4.27. The van der Waals surface area contributed by atoms with Crippen molar-refractivity contribution in [2.45, 2.75) is 32.3 Å². The first-order chi connectivity index (χ1) is 10.7. The molecule has 0 bridgehead atoms. The first-order valence-corrected chi connectivity index (χ1v) is 7.86. The third-order valence-corrected chi connectivity index (χ3v) is 4.61. The van der Waals surface area contributed by atoms with Gasteiger partial charge in [-0.3, -0.25) is 4.79 Å². The molecule has 1 spiro atoms. The topological polar surface area (TPSA) is 46.6 Å². The fraction of sp³-hybridized carbons (Fsp3) is 0.444. The van der Waals surface area contributed by atoms with Crippen LogP contribution in [-0.2, 0) is 16.1 Å². The van der Waals surface area contributed by atoms with Crippen LogP contribution in [0.15, 0.2) is 42.5 Å². The van der Waals surface area contributed by atoms with E-state index in [1.807, 2.05) is 30.3 Å². The second-order valence-electron chi connectivity index (χ2n) is 6.09. The number of hydrogen-bond donors (Lipinski definition) is 0. The smallest absolute Gasteiger partial charge is 0.410 e. The number of carbonyl (C=O) groups is 2. The van der Waals surface area contributed by atoms with Gasteiger partial charge >= 0.3 is 6.09 Å². The SMILES string of the molecule is O=C(OCc1ccccc1)N1CCC2(C=CCCC2)C(=O)C1. The fourth-order valence-electron chi connectivity index (χ4n) is 3.22. The molecule has 0 radical (unpaired) electrons. The molecule has 1 aromatic rings. The van der Waals surface area contributed by atoms with Crippen LogP contribution in [0.25, 0.3) is 0 Å². The maximum atomic E-state index is 12.5. The van der Waals surface area contributed by atoms with Crippen LogP contribution in [0.5, 0.6) is 0 Å². The molecular formula is C18H21NO3. The number of ketones is 1. The Labute approximate surface area is 130 Å². The van der Waals surface area contributed by atoms with Crippen molar-refractivity contribution >= 4 is 11.9 Å². The minimum Gasteiger partial charge on any atom is -0.445 e. The van der Waals surface area contributed by atoms with E-state index in [0.29, 0.717) is 13.0 Å². The van der Waals surface area contributed by atoms with E-state index in [-0.39, 0.29) is 24.3 Å². The highest BCUT2D eigenvalue weighted by atomic mass is 16.6. The van der Waals surface area contributed by atoms with E-state index in [1.54, 1.807) is 0 Å². The summed E-state index contributed by atoms with van der Waals surface area (Å²) in [5, 5.41) is 0. The largest absolute Gasteiger partial charge is 0.445 e. The lowest BCUT2D eigenvalue weighted by Gasteiger charge is -2.39. The van der Waals surface area contributed by atoms with E-state index in [9.17, 15) is 9.59 Å². The van der Waals surface area contributed by atoms with Crippen LogP contribution in [0, 0.1) is 5.41 Å². The third kappa shape index (κ3) is 3.06. The molecule has 2 aliphatic rings. The van der Waals surface area contributed by atoms with Gasteiger partial charge in [-0.2, -0.15) is 0 Å². The summed E-state index contributed by atoms with van der Waals surface area (Å²) in [6, 6.07) is 9.57. The predicted octanol–water partition coefficient (Wildman–Crippen LogP) is 3.32. The zero-order valence-corrected chi connectivity index (χ0v) is 12.7. The first-order valence-electron chi connectivity index (χ1n) is 7.86. The van der Waals surface area contributed by atoms with Gasteiger partial charge < -0.3 is 9.64 Å².